The number of hydrogen-bond acceptors (Lipinski definition) is 5. The number of methoxy groups -OCH3 is 2. The summed E-state index contributed by atoms with van der Waals surface area (Å²) in [5.41, 5.74) is 2.84. The molecule has 2 amide bonds. The highest BCUT2D eigenvalue weighted by Crippen LogP contribution is 2.39. The molecule has 2 atom stereocenters. The third-order valence-corrected chi connectivity index (χ3v) is 7.52. The van der Waals surface area contributed by atoms with Crippen LogP contribution in [0.4, 0.5) is 0 Å². The zero-order valence-corrected chi connectivity index (χ0v) is 23.4. The van der Waals surface area contributed by atoms with Gasteiger partial charge in [0.05, 0.1) is 25.5 Å². The van der Waals surface area contributed by atoms with E-state index in [0.29, 0.717) is 36.8 Å². The van der Waals surface area contributed by atoms with Gasteiger partial charge in [0.25, 0.3) is 5.91 Å². The number of aromatic nitrogens is 2. The second-order valence-corrected chi connectivity index (χ2v) is 10.3. The summed E-state index contributed by atoms with van der Waals surface area (Å²) in [5, 5.41) is 10.8. The minimum absolute atomic E-state index is 0.144. The number of rotatable bonds is 13. The lowest BCUT2D eigenvalue weighted by Crippen LogP contribution is -2.51. The van der Waals surface area contributed by atoms with Crippen LogP contribution in [0.5, 0.6) is 11.5 Å². The first-order chi connectivity index (χ1) is 18.9. The topological polar surface area (TPSA) is 94.5 Å². The molecule has 1 heterocycles. The van der Waals surface area contributed by atoms with Crippen molar-refractivity contribution in [1.82, 2.24) is 20.4 Å². The number of ether oxygens (including phenoxy) is 2. The van der Waals surface area contributed by atoms with Crippen molar-refractivity contribution in [3.05, 3.63) is 65.9 Å². The third kappa shape index (κ3) is 6.99. The quantitative estimate of drug-likeness (QED) is 0.323. The molecule has 8 nitrogen and oxygen atoms in total. The molecule has 2 N–H and O–H groups in total. The Morgan fingerprint density at radius 3 is 2.33 bits per heavy atom. The Balaban J connectivity index is 1.62. The molecule has 4 rings (SSSR count). The summed E-state index contributed by atoms with van der Waals surface area (Å²) in [5.74, 6) is 1.08. The lowest BCUT2D eigenvalue weighted by atomic mass is 9.92. The van der Waals surface area contributed by atoms with E-state index >= 15 is 0 Å². The predicted molar refractivity (Wildman–Crippen MR) is 152 cm³/mol. The maximum absolute atomic E-state index is 13.6. The van der Waals surface area contributed by atoms with Crippen molar-refractivity contribution in [3.63, 3.8) is 0 Å². The number of nitrogens with zero attached hydrogens (tertiary/aromatic N) is 2. The molecule has 208 valence electrons. The molecule has 0 radical (unpaired) electrons. The largest absolute Gasteiger partial charge is 0.496 e. The Bertz CT molecular complexity index is 1230. The molecular formula is C31H40N4O4. The van der Waals surface area contributed by atoms with Gasteiger partial charge in [-0.3, -0.25) is 14.3 Å². The van der Waals surface area contributed by atoms with Crippen LogP contribution >= 0.6 is 0 Å². The summed E-state index contributed by atoms with van der Waals surface area (Å²) in [7, 11) is 3.22. The van der Waals surface area contributed by atoms with Gasteiger partial charge in [0.2, 0.25) is 5.91 Å². The molecule has 1 fully saturated rings. The van der Waals surface area contributed by atoms with Crippen molar-refractivity contribution in [2.45, 2.75) is 71.0 Å². The highest BCUT2D eigenvalue weighted by Gasteiger charge is 2.28. The molecule has 8 heteroatoms. The Morgan fingerprint density at radius 1 is 1.05 bits per heavy atom. The molecule has 1 aromatic heterocycles. The molecule has 2 aromatic carbocycles. The van der Waals surface area contributed by atoms with Crippen LogP contribution in [-0.2, 0) is 17.8 Å². The van der Waals surface area contributed by atoms with E-state index < -0.39 is 6.04 Å². The fourth-order valence-electron chi connectivity index (χ4n) is 4.71. The van der Waals surface area contributed by atoms with Crippen LogP contribution in [-0.4, -0.2) is 47.9 Å². The molecule has 0 saturated heterocycles. The van der Waals surface area contributed by atoms with Crippen molar-refractivity contribution in [3.8, 4) is 22.8 Å². The molecular weight excluding hydrogens is 492 g/mol. The molecule has 0 spiro atoms. The molecule has 0 bridgehead atoms. The van der Waals surface area contributed by atoms with E-state index in [1.165, 1.54) is 0 Å². The Morgan fingerprint density at radius 2 is 1.74 bits per heavy atom. The number of nitrogens with one attached hydrogen (secondary N) is 2. The minimum atomic E-state index is -0.665. The number of hydrogen-bond donors (Lipinski definition) is 2. The van der Waals surface area contributed by atoms with E-state index in [1.54, 1.807) is 20.3 Å². The van der Waals surface area contributed by atoms with E-state index in [0.717, 1.165) is 42.5 Å². The van der Waals surface area contributed by atoms with Gasteiger partial charge >= 0.3 is 0 Å². The van der Waals surface area contributed by atoms with Gasteiger partial charge in [-0.15, -0.1) is 0 Å². The summed E-state index contributed by atoms with van der Waals surface area (Å²) in [6, 6.07) is 16.9. The first-order valence-corrected chi connectivity index (χ1v) is 13.9. The lowest BCUT2D eigenvalue weighted by Gasteiger charge is -2.29. The van der Waals surface area contributed by atoms with E-state index in [1.807, 2.05) is 53.2 Å². The molecule has 1 unspecified atom stereocenters. The highest BCUT2D eigenvalue weighted by molar-refractivity contribution is 5.97. The number of aryl methyl sites for hydroxylation is 1. The van der Waals surface area contributed by atoms with Crippen LogP contribution in [0.15, 0.2) is 54.6 Å². The van der Waals surface area contributed by atoms with Crippen molar-refractivity contribution in [2.24, 2.45) is 5.92 Å². The van der Waals surface area contributed by atoms with Crippen molar-refractivity contribution < 1.29 is 19.1 Å². The zero-order chi connectivity index (χ0) is 27.8. The summed E-state index contributed by atoms with van der Waals surface area (Å²) >= 11 is 0. The van der Waals surface area contributed by atoms with Gasteiger partial charge in [-0.05, 0) is 61.8 Å². The Labute approximate surface area is 231 Å². The van der Waals surface area contributed by atoms with Gasteiger partial charge in [0, 0.05) is 12.6 Å². The maximum atomic E-state index is 13.6. The summed E-state index contributed by atoms with van der Waals surface area (Å²) in [6.45, 7) is 4.90. The van der Waals surface area contributed by atoms with Gasteiger partial charge in [-0.2, -0.15) is 5.10 Å². The number of carbonyl (C=O) groups excluding carboxylic acids is 2. The zero-order valence-electron chi connectivity index (χ0n) is 23.4. The first-order valence-electron chi connectivity index (χ1n) is 13.9. The molecule has 39 heavy (non-hydrogen) atoms. The lowest BCUT2D eigenvalue weighted by molar-refractivity contribution is -0.124. The molecule has 1 aliphatic rings. The summed E-state index contributed by atoms with van der Waals surface area (Å²) in [4.78, 5) is 26.8. The molecule has 1 saturated carbocycles. The van der Waals surface area contributed by atoms with Crippen LogP contribution in [0.25, 0.3) is 11.3 Å². The van der Waals surface area contributed by atoms with Crippen molar-refractivity contribution in [2.75, 3.05) is 14.2 Å². The maximum Gasteiger partial charge on any atom is 0.272 e. The standard InChI is InChI=1S/C31H40N4O4/c1-5-21(2)20-35-26(29-27(38-3)15-10-16-28(29)39-4)19-25(34-35)31(37)33-24(30(36)32-23-13-9-14-23)18-17-22-11-7-6-8-12-22/h6-8,10-12,15-16,19,21,23-24H,5,9,13-14,17-18,20H2,1-4H3,(H,32,36)(H,33,37)/t21?,24-/m0/s1. The van der Waals surface area contributed by atoms with Gasteiger partial charge in [-0.25, -0.2) is 0 Å². The minimum Gasteiger partial charge on any atom is -0.496 e. The van der Waals surface area contributed by atoms with Gasteiger partial charge in [0.1, 0.15) is 17.5 Å². The first kappa shape index (κ1) is 28.2. The van der Waals surface area contributed by atoms with E-state index in [-0.39, 0.29) is 23.6 Å². The Hall–Kier alpha value is -3.81. The number of benzene rings is 2. The van der Waals surface area contributed by atoms with Crippen molar-refractivity contribution in [1.29, 1.82) is 0 Å². The van der Waals surface area contributed by atoms with Gasteiger partial charge in [-0.1, -0.05) is 56.7 Å². The average Bonchev–Trinajstić information content (AvgIpc) is 3.35. The summed E-state index contributed by atoms with van der Waals surface area (Å²) in [6.07, 6.45) is 5.22. The fraction of sp³-hybridized carbons (Fsp3) is 0.452. The highest BCUT2D eigenvalue weighted by atomic mass is 16.5. The van der Waals surface area contributed by atoms with E-state index in [9.17, 15) is 9.59 Å². The third-order valence-electron chi connectivity index (χ3n) is 7.52. The van der Waals surface area contributed by atoms with Crippen LogP contribution in [0.1, 0.15) is 62.0 Å². The second kappa shape index (κ2) is 13.3. The smallest absolute Gasteiger partial charge is 0.272 e. The molecule has 3 aromatic rings. The van der Waals surface area contributed by atoms with Crippen LogP contribution < -0.4 is 20.1 Å². The van der Waals surface area contributed by atoms with Crippen molar-refractivity contribution >= 4 is 11.8 Å². The van der Waals surface area contributed by atoms with E-state index in [4.69, 9.17) is 14.6 Å². The van der Waals surface area contributed by atoms with Crippen LogP contribution in [0, 0.1) is 5.92 Å². The monoisotopic (exact) mass is 532 g/mol. The van der Waals surface area contributed by atoms with E-state index in [2.05, 4.69) is 24.5 Å². The van der Waals surface area contributed by atoms with Gasteiger partial charge in [0.15, 0.2) is 5.69 Å². The number of amides is 2. The van der Waals surface area contributed by atoms with Crippen LogP contribution in [0.3, 0.4) is 0 Å². The SMILES string of the molecule is CCC(C)Cn1nc(C(=O)N[C@@H](CCc2ccccc2)C(=O)NC2CCC2)cc1-c1c(OC)cccc1OC. The second-order valence-electron chi connectivity index (χ2n) is 10.3. The predicted octanol–water partition coefficient (Wildman–Crippen LogP) is 5.01. The Kier molecular flexibility index (Phi) is 9.63. The fourth-order valence-corrected chi connectivity index (χ4v) is 4.71. The summed E-state index contributed by atoms with van der Waals surface area (Å²) < 4.78 is 13.1. The molecule has 1 aliphatic carbocycles. The number of carbonyl (C=O) groups is 2. The van der Waals surface area contributed by atoms with Crippen LogP contribution in [0.2, 0.25) is 0 Å². The molecule has 0 aliphatic heterocycles. The van der Waals surface area contributed by atoms with Gasteiger partial charge < -0.3 is 20.1 Å². The average molecular weight is 533 g/mol. The normalized spacial score (nSPS) is 14.7.